The molecule has 0 saturated carbocycles. The van der Waals surface area contributed by atoms with Gasteiger partial charge in [-0.3, -0.25) is 4.68 Å². The molecule has 0 spiro atoms. The van der Waals surface area contributed by atoms with Crippen LogP contribution in [0.25, 0.3) is 0 Å². The number of hydrogen-bond donors (Lipinski definition) is 1. The van der Waals surface area contributed by atoms with Gasteiger partial charge in [-0.25, -0.2) is 4.98 Å². The first-order valence-corrected chi connectivity index (χ1v) is 4.63. The number of nitrogens with one attached hydrogen (secondary N) is 1. The molecule has 1 aromatic heterocycles. The van der Waals surface area contributed by atoms with Gasteiger partial charge in [-0.2, -0.15) is 10.4 Å². The maximum atomic E-state index is 8.90. The van der Waals surface area contributed by atoms with Crippen molar-refractivity contribution < 1.29 is 0 Å². The molecule has 0 fully saturated rings. The smallest absolute Gasteiger partial charge is 0.137 e. The lowest BCUT2D eigenvalue weighted by Gasteiger charge is -2.20. The third-order valence-corrected chi connectivity index (χ3v) is 2.33. The van der Waals surface area contributed by atoms with Crippen LogP contribution in [0.5, 0.6) is 0 Å². The second kappa shape index (κ2) is 4.72. The SMILES string of the molecule is CNC(C)(C#N)CCCn1cncn1. The second-order valence-corrected chi connectivity index (χ2v) is 3.46. The molecule has 0 saturated heterocycles. The molecule has 5 nitrogen and oxygen atoms in total. The van der Waals surface area contributed by atoms with Crippen molar-refractivity contribution in [3.63, 3.8) is 0 Å². The summed E-state index contributed by atoms with van der Waals surface area (Å²) in [5, 5.41) is 15.9. The number of aromatic nitrogens is 3. The van der Waals surface area contributed by atoms with Crippen molar-refractivity contribution in [3.8, 4) is 6.07 Å². The molecule has 14 heavy (non-hydrogen) atoms. The Bertz CT molecular complexity index is 300. The quantitative estimate of drug-likeness (QED) is 0.742. The van der Waals surface area contributed by atoms with E-state index < -0.39 is 5.54 Å². The minimum absolute atomic E-state index is 0.430. The zero-order valence-electron chi connectivity index (χ0n) is 8.56. The molecule has 1 N–H and O–H groups in total. The zero-order valence-corrected chi connectivity index (χ0v) is 8.56. The Kier molecular flexibility index (Phi) is 3.60. The van der Waals surface area contributed by atoms with E-state index in [1.807, 2.05) is 6.92 Å². The summed E-state index contributed by atoms with van der Waals surface area (Å²) < 4.78 is 1.77. The lowest BCUT2D eigenvalue weighted by Crippen LogP contribution is -2.38. The van der Waals surface area contributed by atoms with Crippen molar-refractivity contribution in [2.45, 2.75) is 31.8 Å². The molecule has 1 heterocycles. The molecule has 0 aromatic carbocycles. The van der Waals surface area contributed by atoms with E-state index in [0.29, 0.717) is 0 Å². The van der Waals surface area contributed by atoms with Gasteiger partial charge in [0.1, 0.15) is 18.2 Å². The molecule has 0 amide bonds. The van der Waals surface area contributed by atoms with Gasteiger partial charge in [0.05, 0.1) is 6.07 Å². The molecule has 1 atom stereocenters. The fourth-order valence-corrected chi connectivity index (χ4v) is 1.18. The van der Waals surface area contributed by atoms with Gasteiger partial charge in [-0.1, -0.05) is 0 Å². The minimum atomic E-state index is -0.430. The highest BCUT2D eigenvalue weighted by Gasteiger charge is 2.19. The van der Waals surface area contributed by atoms with E-state index in [9.17, 15) is 0 Å². The van der Waals surface area contributed by atoms with Crippen molar-refractivity contribution in [2.24, 2.45) is 0 Å². The summed E-state index contributed by atoms with van der Waals surface area (Å²) in [5.41, 5.74) is -0.430. The summed E-state index contributed by atoms with van der Waals surface area (Å²) in [7, 11) is 1.80. The fourth-order valence-electron chi connectivity index (χ4n) is 1.18. The lowest BCUT2D eigenvalue weighted by molar-refractivity contribution is 0.415. The number of hydrogen-bond acceptors (Lipinski definition) is 4. The Balaban J connectivity index is 2.31. The first kappa shape index (κ1) is 10.7. The van der Waals surface area contributed by atoms with Gasteiger partial charge in [0.25, 0.3) is 0 Å². The van der Waals surface area contributed by atoms with Gasteiger partial charge in [-0.05, 0) is 26.8 Å². The third-order valence-electron chi connectivity index (χ3n) is 2.33. The molecule has 0 aliphatic heterocycles. The first-order chi connectivity index (χ1) is 6.70. The highest BCUT2D eigenvalue weighted by atomic mass is 15.3. The van der Waals surface area contributed by atoms with Gasteiger partial charge < -0.3 is 5.32 Å². The topological polar surface area (TPSA) is 66.5 Å². The summed E-state index contributed by atoms with van der Waals surface area (Å²) in [5.74, 6) is 0. The Morgan fingerprint density at radius 3 is 2.93 bits per heavy atom. The number of nitrogens with zero attached hydrogens (tertiary/aromatic N) is 4. The Morgan fingerprint density at radius 2 is 2.43 bits per heavy atom. The zero-order chi connectivity index (χ0) is 10.4. The molecule has 1 unspecified atom stereocenters. The highest BCUT2D eigenvalue weighted by molar-refractivity contribution is 5.02. The van der Waals surface area contributed by atoms with Crippen LogP contribution >= 0.6 is 0 Å². The molecule has 0 aliphatic rings. The molecular weight excluding hydrogens is 178 g/mol. The van der Waals surface area contributed by atoms with E-state index in [-0.39, 0.29) is 0 Å². The van der Waals surface area contributed by atoms with Crippen molar-refractivity contribution in [1.29, 1.82) is 5.26 Å². The molecule has 0 radical (unpaired) electrons. The maximum absolute atomic E-state index is 8.90. The molecule has 0 bridgehead atoms. The summed E-state index contributed by atoms with van der Waals surface area (Å²) in [6.45, 7) is 2.70. The predicted molar refractivity (Wildman–Crippen MR) is 52.3 cm³/mol. The predicted octanol–water partition coefficient (Wildman–Crippen LogP) is 0.560. The maximum Gasteiger partial charge on any atom is 0.137 e. The van der Waals surface area contributed by atoms with E-state index in [0.717, 1.165) is 19.4 Å². The number of aryl methyl sites for hydroxylation is 1. The van der Waals surface area contributed by atoms with Crippen LogP contribution in [0.4, 0.5) is 0 Å². The standard InChI is InChI=1S/C9H15N5/c1-9(6-10,11-2)4-3-5-14-8-12-7-13-14/h7-8,11H,3-5H2,1-2H3. The average molecular weight is 193 g/mol. The van der Waals surface area contributed by atoms with Crippen LogP contribution in [-0.4, -0.2) is 27.4 Å². The summed E-state index contributed by atoms with van der Waals surface area (Å²) >= 11 is 0. The van der Waals surface area contributed by atoms with Crippen LogP contribution < -0.4 is 5.32 Å². The summed E-state index contributed by atoms with van der Waals surface area (Å²) in [6, 6.07) is 2.25. The average Bonchev–Trinajstić information content (AvgIpc) is 2.70. The van der Waals surface area contributed by atoms with Crippen LogP contribution in [-0.2, 0) is 6.54 Å². The van der Waals surface area contributed by atoms with Crippen LogP contribution in [0.15, 0.2) is 12.7 Å². The van der Waals surface area contributed by atoms with Gasteiger partial charge in [0.2, 0.25) is 0 Å². The Morgan fingerprint density at radius 1 is 1.64 bits per heavy atom. The van der Waals surface area contributed by atoms with Gasteiger partial charge in [-0.15, -0.1) is 0 Å². The van der Waals surface area contributed by atoms with Crippen LogP contribution in [0, 0.1) is 11.3 Å². The van der Waals surface area contributed by atoms with Crippen LogP contribution in [0.2, 0.25) is 0 Å². The number of nitriles is 1. The molecule has 76 valence electrons. The summed E-state index contributed by atoms with van der Waals surface area (Å²) in [4.78, 5) is 3.85. The van der Waals surface area contributed by atoms with E-state index in [2.05, 4.69) is 21.5 Å². The van der Waals surface area contributed by atoms with Crippen molar-refractivity contribution in [1.82, 2.24) is 20.1 Å². The van der Waals surface area contributed by atoms with Crippen LogP contribution in [0.1, 0.15) is 19.8 Å². The Hall–Kier alpha value is -1.41. The van der Waals surface area contributed by atoms with Gasteiger partial charge in [0.15, 0.2) is 0 Å². The van der Waals surface area contributed by atoms with Gasteiger partial charge in [0, 0.05) is 6.54 Å². The van der Waals surface area contributed by atoms with Crippen molar-refractivity contribution >= 4 is 0 Å². The van der Waals surface area contributed by atoms with E-state index >= 15 is 0 Å². The van der Waals surface area contributed by atoms with Gasteiger partial charge >= 0.3 is 0 Å². The molecule has 0 aliphatic carbocycles. The minimum Gasteiger partial charge on any atom is -0.303 e. The van der Waals surface area contributed by atoms with Crippen molar-refractivity contribution in [2.75, 3.05) is 7.05 Å². The third kappa shape index (κ3) is 2.82. The van der Waals surface area contributed by atoms with E-state index in [1.54, 1.807) is 18.1 Å². The Labute approximate surface area is 83.8 Å². The van der Waals surface area contributed by atoms with E-state index in [1.165, 1.54) is 6.33 Å². The van der Waals surface area contributed by atoms with Crippen LogP contribution in [0.3, 0.4) is 0 Å². The highest BCUT2D eigenvalue weighted by Crippen LogP contribution is 2.10. The molecule has 5 heteroatoms. The molecule has 1 rings (SSSR count). The monoisotopic (exact) mass is 193 g/mol. The molecule has 1 aromatic rings. The normalized spacial score (nSPS) is 14.6. The van der Waals surface area contributed by atoms with E-state index in [4.69, 9.17) is 5.26 Å². The lowest BCUT2D eigenvalue weighted by atomic mass is 9.98. The second-order valence-electron chi connectivity index (χ2n) is 3.46. The van der Waals surface area contributed by atoms with Crippen molar-refractivity contribution in [3.05, 3.63) is 12.7 Å². The number of rotatable bonds is 5. The fraction of sp³-hybridized carbons (Fsp3) is 0.667. The molecular formula is C9H15N5. The summed E-state index contributed by atoms with van der Waals surface area (Å²) in [6.07, 6.45) is 4.92. The largest absolute Gasteiger partial charge is 0.303 e. The first-order valence-electron chi connectivity index (χ1n) is 4.63.